The summed E-state index contributed by atoms with van der Waals surface area (Å²) in [4.78, 5) is 14.5. The summed E-state index contributed by atoms with van der Waals surface area (Å²) in [6, 6.07) is 0. The minimum Gasteiger partial charge on any atom is -0.409 e. The average molecular weight is 271 g/mol. The quantitative estimate of drug-likeness (QED) is 0.313. The molecular formula is C12H21N3O4. The molecule has 2 heterocycles. The van der Waals surface area contributed by atoms with Crippen LogP contribution in [-0.2, 0) is 14.3 Å². The van der Waals surface area contributed by atoms with Crippen LogP contribution in [0.4, 0.5) is 0 Å². The van der Waals surface area contributed by atoms with Crippen molar-refractivity contribution in [3.05, 3.63) is 0 Å². The molecule has 0 unspecified atom stereocenters. The molecule has 0 bridgehead atoms. The molecule has 1 amide bonds. The van der Waals surface area contributed by atoms with Gasteiger partial charge in [0.15, 0.2) is 5.84 Å². The molecule has 2 rings (SSSR count). The van der Waals surface area contributed by atoms with Crippen molar-refractivity contribution in [1.82, 2.24) is 4.90 Å². The molecule has 108 valence electrons. The summed E-state index contributed by atoms with van der Waals surface area (Å²) in [7, 11) is 0. The Morgan fingerprint density at radius 2 is 1.84 bits per heavy atom. The van der Waals surface area contributed by atoms with Crippen molar-refractivity contribution in [2.75, 3.05) is 39.5 Å². The summed E-state index contributed by atoms with van der Waals surface area (Å²) >= 11 is 0. The average Bonchev–Trinajstić information content (AvgIpc) is 2.75. The van der Waals surface area contributed by atoms with Crippen LogP contribution >= 0.6 is 0 Å². The lowest BCUT2D eigenvalue weighted by atomic mass is 9.77. The third-order valence-corrected chi connectivity index (χ3v) is 3.86. The van der Waals surface area contributed by atoms with E-state index in [1.165, 1.54) is 0 Å². The monoisotopic (exact) mass is 271 g/mol. The largest absolute Gasteiger partial charge is 0.409 e. The van der Waals surface area contributed by atoms with E-state index in [1.54, 1.807) is 4.90 Å². The number of nitrogens with two attached hydrogens (primary N) is 1. The number of ether oxygens (including phenoxy) is 2. The van der Waals surface area contributed by atoms with Gasteiger partial charge in [0.1, 0.15) is 5.41 Å². The van der Waals surface area contributed by atoms with Crippen LogP contribution in [0.3, 0.4) is 0 Å². The number of oxime groups is 1. The first-order valence-electron chi connectivity index (χ1n) is 6.63. The highest BCUT2D eigenvalue weighted by Gasteiger charge is 2.46. The van der Waals surface area contributed by atoms with Crippen molar-refractivity contribution in [3.63, 3.8) is 0 Å². The van der Waals surface area contributed by atoms with E-state index in [4.69, 9.17) is 20.4 Å². The molecule has 0 aromatic heterocycles. The molecular weight excluding hydrogens is 250 g/mol. The smallest absolute Gasteiger partial charge is 0.236 e. The van der Waals surface area contributed by atoms with Crippen molar-refractivity contribution in [2.45, 2.75) is 19.3 Å². The van der Waals surface area contributed by atoms with Gasteiger partial charge >= 0.3 is 0 Å². The highest BCUT2D eigenvalue weighted by Crippen LogP contribution is 2.33. The number of amides is 1. The van der Waals surface area contributed by atoms with E-state index < -0.39 is 5.41 Å². The molecule has 0 radical (unpaired) electrons. The molecule has 0 atom stereocenters. The first-order valence-corrected chi connectivity index (χ1v) is 6.63. The van der Waals surface area contributed by atoms with Gasteiger partial charge in [-0.25, -0.2) is 0 Å². The van der Waals surface area contributed by atoms with Crippen LogP contribution in [0.1, 0.15) is 19.3 Å². The summed E-state index contributed by atoms with van der Waals surface area (Å²) in [5.41, 5.74) is 4.88. The van der Waals surface area contributed by atoms with E-state index in [1.807, 2.05) is 0 Å². The third-order valence-electron chi connectivity index (χ3n) is 3.86. The molecule has 0 aliphatic carbocycles. The maximum Gasteiger partial charge on any atom is 0.236 e. The molecule has 0 aromatic rings. The first-order chi connectivity index (χ1) is 9.20. The van der Waals surface area contributed by atoms with Crippen molar-refractivity contribution >= 4 is 11.7 Å². The summed E-state index contributed by atoms with van der Waals surface area (Å²) < 4.78 is 10.6. The van der Waals surface area contributed by atoms with Gasteiger partial charge in [0.05, 0.1) is 6.61 Å². The molecule has 7 nitrogen and oxygen atoms in total. The van der Waals surface area contributed by atoms with E-state index in [0.717, 1.165) is 6.42 Å². The SMILES string of the molecule is NC(=NO)C1(C(=O)N2CCCOCC2)CCOCC1. The van der Waals surface area contributed by atoms with Gasteiger partial charge in [-0.05, 0) is 19.3 Å². The minimum absolute atomic E-state index is 0.00837. The fourth-order valence-corrected chi connectivity index (χ4v) is 2.65. The topological polar surface area (TPSA) is 97.4 Å². The zero-order valence-electron chi connectivity index (χ0n) is 11.0. The Hall–Kier alpha value is -1.34. The number of hydrogen-bond donors (Lipinski definition) is 2. The maximum atomic E-state index is 12.8. The van der Waals surface area contributed by atoms with Crippen molar-refractivity contribution in [1.29, 1.82) is 0 Å². The second-order valence-corrected chi connectivity index (χ2v) is 4.94. The fraction of sp³-hybridized carbons (Fsp3) is 0.833. The zero-order chi connectivity index (χ0) is 13.7. The van der Waals surface area contributed by atoms with Crippen LogP contribution in [0.15, 0.2) is 5.16 Å². The van der Waals surface area contributed by atoms with Crippen LogP contribution < -0.4 is 5.73 Å². The molecule has 2 fully saturated rings. The molecule has 7 heteroatoms. The van der Waals surface area contributed by atoms with Gasteiger partial charge in [-0.1, -0.05) is 5.16 Å². The third kappa shape index (κ3) is 2.82. The molecule has 0 spiro atoms. The van der Waals surface area contributed by atoms with Gasteiger partial charge in [0, 0.05) is 32.9 Å². The van der Waals surface area contributed by atoms with Crippen molar-refractivity contribution in [3.8, 4) is 0 Å². The lowest BCUT2D eigenvalue weighted by Crippen LogP contribution is -2.54. The summed E-state index contributed by atoms with van der Waals surface area (Å²) in [5, 5.41) is 12.1. The van der Waals surface area contributed by atoms with Crippen LogP contribution in [0, 0.1) is 5.41 Å². The number of rotatable bonds is 2. The Bertz CT molecular complexity index is 345. The number of amidine groups is 1. The minimum atomic E-state index is -0.919. The molecule has 3 N–H and O–H groups in total. The summed E-state index contributed by atoms with van der Waals surface area (Å²) in [6.07, 6.45) is 1.73. The maximum absolute atomic E-state index is 12.8. The van der Waals surface area contributed by atoms with Gasteiger partial charge < -0.3 is 25.3 Å². The van der Waals surface area contributed by atoms with Crippen LogP contribution in [0.25, 0.3) is 0 Å². The lowest BCUT2D eigenvalue weighted by molar-refractivity contribution is -0.142. The predicted octanol–water partition coefficient (Wildman–Crippen LogP) is -0.222. The van der Waals surface area contributed by atoms with Crippen LogP contribution in [0.5, 0.6) is 0 Å². The fourth-order valence-electron chi connectivity index (χ4n) is 2.65. The highest BCUT2D eigenvalue weighted by molar-refractivity contribution is 6.06. The Labute approximate surface area is 112 Å². The predicted molar refractivity (Wildman–Crippen MR) is 67.9 cm³/mol. The summed E-state index contributed by atoms with van der Waals surface area (Å²) in [6.45, 7) is 3.32. The van der Waals surface area contributed by atoms with E-state index in [9.17, 15) is 4.79 Å². The van der Waals surface area contributed by atoms with Gasteiger partial charge in [-0.15, -0.1) is 0 Å². The first kappa shape index (κ1) is 14.1. The van der Waals surface area contributed by atoms with Gasteiger partial charge in [0.2, 0.25) is 5.91 Å². The standard InChI is InChI=1S/C12H21N3O4/c13-10(14-17)12(2-7-19-8-3-12)11(16)15-4-1-6-18-9-5-15/h17H,1-9H2,(H2,13,14). The van der Waals surface area contributed by atoms with Gasteiger partial charge in [-0.3, -0.25) is 4.79 Å². The van der Waals surface area contributed by atoms with Crippen LogP contribution in [0.2, 0.25) is 0 Å². The van der Waals surface area contributed by atoms with E-state index in [0.29, 0.717) is 52.4 Å². The Morgan fingerprint density at radius 3 is 2.53 bits per heavy atom. The zero-order valence-corrected chi connectivity index (χ0v) is 11.0. The van der Waals surface area contributed by atoms with E-state index >= 15 is 0 Å². The van der Waals surface area contributed by atoms with E-state index in [-0.39, 0.29) is 11.7 Å². The number of carbonyl (C=O) groups excluding carboxylic acids is 1. The Morgan fingerprint density at radius 1 is 1.16 bits per heavy atom. The molecule has 0 saturated carbocycles. The van der Waals surface area contributed by atoms with Crippen molar-refractivity contribution < 1.29 is 19.5 Å². The number of nitrogens with zero attached hydrogens (tertiary/aromatic N) is 2. The van der Waals surface area contributed by atoms with Gasteiger partial charge in [-0.2, -0.15) is 0 Å². The summed E-state index contributed by atoms with van der Waals surface area (Å²) in [5.74, 6) is -0.0810. The number of hydrogen-bond acceptors (Lipinski definition) is 5. The van der Waals surface area contributed by atoms with E-state index in [2.05, 4.69) is 5.16 Å². The normalized spacial score (nSPS) is 24.8. The lowest BCUT2D eigenvalue weighted by Gasteiger charge is -2.38. The molecule has 19 heavy (non-hydrogen) atoms. The molecule has 2 saturated heterocycles. The Balaban J connectivity index is 2.19. The second kappa shape index (κ2) is 6.21. The molecule has 2 aliphatic rings. The second-order valence-electron chi connectivity index (χ2n) is 4.94. The van der Waals surface area contributed by atoms with Gasteiger partial charge in [0.25, 0.3) is 0 Å². The highest BCUT2D eigenvalue weighted by atomic mass is 16.5. The number of carbonyl (C=O) groups is 1. The molecule has 2 aliphatic heterocycles. The van der Waals surface area contributed by atoms with Crippen LogP contribution in [-0.4, -0.2) is 61.4 Å². The molecule has 0 aromatic carbocycles. The Kier molecular flexibility index (Phi) is 4.60. The van der Waals surface area contributed by atoms with Crippen molar-refractivity contribution in [2.24, 2.45) is 16.3 Å².